The molecule has 24 heavy (non-hydrogen) atoms. The molecule has 0 unspecified atom stereocenters. The number of nitrogens with zero attached hydrogens (tertiary/aromatic N) is 1. The van der Waals surface area contributed by atoms with Crippen LogP contribution < -0.4 is 10.1 Å². The molecule has 0 atom stereocenters. The number of halogens is 1. The molecule has 1 saturated heterocycles. The van der Waals surface area contributed by atoms with Gasteiger partial charge in [0.05, 0.1) is 18.8 Å². The Kier molecular flexibility index (Phi) is 5.33. The van der Waals surface area contributed by atoms with Crippen molar-refractivity contribution in [2.45, 2.75) is 25.9 Å². The highest BCUT2D eigenvalue weighted by molar-refractivity contribution is 6.31. The van der Waals surface area contributed by atoms with Crippen molar-refractivity contribution in [2.75, 3.05) is 18.5 Å². The van der Waals surface area contributed by atoms with Crippen LogP contribution in [-0.4, -0.2) is 30.2 Å². The van der Waals surface area contributed by atoms with E-state index in [1.54, 1.807) is 18.2 Å². The lowest BCUT2D eigenvalue weighted by Gasteiger charge is -2.22. The predicted molar refractivity (Wildman–Crippen MR) is 92.8 cm³/mol. The van der Waals surface area contributed by atoms with Crippen LogP contribution in [0.5, 0.6) is 5.88 Å². The summed E-state index contributed by atoms with van der Waals surface area (Å²) in [6.07, 6.45) is 3.36. The third kappa shape index (κ3) is 4.24. The highest BCUT2D eigenvalue weighted by atomic mass is 35.5. The van der Waals surface area contributed by atoms with Crippen molar-refractivity contribution in [1.29, 1.82) is 0 Å². The first-order chi connectivity index (χ1) is 11.6. The monoisotopic (exact) mass is 346 g/mol. The van der Waals surface area contributed by atoms with Crippen molar-refractivity contribution in [1.82, 2.24) is 4.98 Å². The Morgan fingerprint density at radius 3 is 2.75 bits per heavy atom. The lowest BCUT2D eigenvalue weighted by molar-refractivity contribution is 0.0237. The Labute approximate surface area is 145 Å². The lowest BCUT2D eigenvalue weighted by atomic mass is 10.1. The van der Waals surface area contributed by atoms with E-state index >= 15 is 0 Å². The van der Waals surface area contributed by atoms with Gasteiger partial charge in [-0.25, -0.2) is 4.98 Å². The van der Waals surface area contributed by atoms with Gasteiger partial charge in [-0.05, 0) is 30.7 Å². The molecule has 126 valence electrons. The molecule has 1 N–H and O–H groups in total. The summed E-state index contributed by atoms with van der Waals surface area (Å²) in [6, 6.07) is 8.82. The van der Waals surface area contributed by atoms with E-state index in [-0.39, 0.29) is 12.0 Å². The van der Waals surface area contributed by atoms with Crippen molar-refractivity contribution in [2.24, 2.45) is 0 Å². The number of pyridine rings is 1. The van der Waals surface area contributed by atoms with E-state index in [1.165, 1.54) is 6.20 Å². The van der Waals surface area contributed by atoms with Gasteiger partial charge in [0.25, 0.3) is 5.91 Å². The number of aryl methyl sites for hydroxylation is 1. The van der Waals surface area contributed by atoms with E-state index in [1.807, 2.05) is 19.1 Å². The molecule has 0 radical (unpaired) electrons. The zero-order valence-corrected chi connectivity index (χ0v) is 14.2. The van der Waals surface area contributed by atoms with E-state index in [2.05, 4.69) is 10.3 Å². The summed E-state index contributed by atoms with van der Waals surface area (Å²) in [5.41, 5.74) is 2.08. The molecule has 0 spiro atoms. The van der Waals surface area contributed by atoms with Crippen LogP contribution in [0.3, 0.4) is 0 Å². The number of hydrogen-bond acceptors (Lipinski definition) is 4. The van der Waals surface area contributed by atoms with E-state index < -0.39 is 0 Å². The molecule has 1 aromatic carbocycles. The second-order valence-electron chi connectivity index (χ2n) is 5.73. The number of carbonyl (C=O) groups is 1. The van der Waals surface area contributed by atoms with Gasteiger partial charge in [-0.1, -0.05) is 17.7 Å². The number of rotatable bonds is 4. The van der Waals surface area contributed by atoms with Crippen molar-refractivity contribution in [3.63, 3.8) is 0 Å². The average molecular weight is 347 g/mol. The molecule has 2 heterocycles. The van der Waals surface area contributed by atoms with Gasteiger partial charge in [0, 0.05) is 35.8 Å². The quantitative estimate of drug-likeness (QED) is 0.913. The van der Waals surface area contributed by atoms with Gasteiger partial charge in [-0.15, -0.1) is 0 Å². The fraction of sp³-hybridized carbons (Fsp3) is 0.333. The topological polar surface area (TPSA) is 60.5 Å². The summed E-state index contributed by atoms with van der Waals surface area (Å²) < 4.78 is 11.1. The zero-order chi connectivity index (χ0) is 16.9. The number of hydrogen-bond donors (Lipinski definition) is 1. The number of aromatic nitrogens is 1. The predicted octanol–water partition coefficient (Wildman–Crippen LogP) is 3.85. The molecule has 0 saturated carbocycles. The smallest absolute Gasteiger partial charge is 0.257 e. The molecule has 0 aliphatic carbocycles. The van der Waals surface area contributed by atoms with Gasteiger partial charge in [0.2, 0.25) is 5.88 Å². The second-order valence-corrected chi connectivity index (χ2v) is 6.14. The normalized spacial score (nSPS) is 15.1. The highest BCUT2D eigenvalue weighted by Gasteiger charge is 2.16. The first-order valence-corrected chi connectivity index (χ1v) is 8.27. The summed E-state index contributed by atoms with van der Waals surface area (Å²) in [6.45, 7) is 3.34. The van der Waals surface area contributed by atoms with E-state index in [0.29, 0.717) is 35.4 Å². The number of benzene rings is 1. The molecular formula is C18H19ClN2O3. The van der Waals surface area contributed by atoms with Crippen molar-refractivity contribution in [3.8, 4) is 5.88 Å². The highest BCUT2D eigenvalue weighted by Crippen LogP contribution is 2.21. The fourth-order valence-corrected chi connectivity index (χ4v) is 2.60. The number of anilines is 1. The zero-order valence-electron chi connectivity index (χ0n) is 13.4. The summed E-state index contributed by atoms with van der Waals surface area (Å²) in [7, 11) is 0. The van der Waals surface area contributed by atoms with Crippen LogP contribution in [0.4, 0.5) is 5.69 Å². The van der Waals surface area contributed by atoms with Crippen molar-refractivity contribution in [3.05, 3.63) is 52.7 Å². The van der Waals surface area contributed by atoms with Crippen molar-refractivity contribution < 1.29 is 14.3 Å². The van der Waals surface area contributed by atoms with Crippen LogP contribution in [0.25, 0.3) is 0 Å². The van der Waals surface area contributed by atoms with Gasteiger partial charge in [-0.2, -0.15) is 0 Å². The van der Waals surface area contributed by atoms with Crippen LogP contribution in [0.15, 0.2) is 36.5 Å². The third-order valence-corrected chi connectivity index (χ3v) is 4.29. The average Bonchev–Trinajstić information content (AvgIpc) is 2.60. The molecule has 0 bridgehead atoms. The van der Waals surface area contributed by atoms with Crippen LogP contribution in [0.2, 0.25) is 5.02 Å². The number of carbonyl (C=O) groups excluding carboxylic acids is 1. The molecule has 3 rings (SSSR count). The summed E-state index contributed by atoms with van der Waals surface area (Å²) in [4.78, 5) is 16.5. The van der Waals surface area contributed by atoms with Gasteiger partial charge in [0.15, 0.2) is 0 Å². The van der Waals surface area contributed by atoms with E-state index in [4.69, 9.17) is 21.1 Å². The molecule has 1 aliphatic rings. The third-order valence-electron chi connectivity index (χ3n) is 3.88. The number of amides is 1. The van der Waals surface area contributed by atoms with Gasteiger partial charge in [-0.3, -0.25) is 4.79 Å². The molecule has 6 heteroatoms. The Balaban J connectivity index is 1.61. The SMILES string of the molecule is Cc1ccc(NC(=O)c2ccc(OC3CCOCC3)nc2)cc1Cl. The Morgan fingerprint density at radius 2 is 2.08 bits per heavy atom. The second kappa shape index (κ2) is 7.64. The largest absolute Gasteiger partial charge is 0.474 e. The maximum Gasteiger partial charge on any atom is 0.257 e. The van der Waals surface area contributed by atoms with Crippen LogP contribution in [0, 0.1) is 6.92 Å². The fourth-order valence-electron chi connectivity index (χ4n) is 2.42. The maximum atomic E-state index is 12.3. The van der Waals surface area contributed by atoms with E-state index in [9.17, 15) is 4.79 Å². The molecule has 1 amide bonds. The first-order valence-electron chi connectivity index (χ1n) is 7.90. The minimum Gasteiger partial charge on any atom is -0.474 e. The molecular weight excluding hydrogens is 328 g/mol. The minimum atomic E-state index is -0.236. The molecule has 1 fully saturated rings. The molecule has 1 aliphatic heterocycles. The van der Waals surface area contributed by atoms with Crippen LogP contribution in [0.1, 0.15) is 28.8 Å². The Morgan fingerprint density at radius 1 is 1.29 bits per heavy atom. The summed E-state index contributed by atoms with van der Waals surface area (Å²) in [5.74, 6) is 0.289. The first kappa shape index (κ1) is 16.7. The lowest BCUT2D eigenvalue weighted by Crippen LogP contribution is -2.26. The van der Waals surface area contributed by atoms with Crippen molar-refractivity contribution >= 4 is 23.2 Å². The van der Waals surface area contributed by atoms with Crippen LogP contribution in [-0.2, 0) is 4.74 Å². The number of ether oxygens (including phenoxy) is 2. The van der Waals surface area contributed by atoms with Crippen LogP contribution >= 0.6 is 11.6 Å². The van der Waals surface area contributed by atoms with Gasteiger partial charge < -0.3 is 14.8 Å². The Bertz CT molecular complexity index is 713. The summed E-state index contributed by atoms with van der Waals surface area (Å²) in [5, 5.41) is 3.42. The Hall–Kier alpha value is -2.11. The van der Waals surface area contributed by atoms with Gasteiger partial charge >= 0.3 is 0 Å². The standard InChI is InChI=1S/C18H19ClN2O3/c1-12-2-4-14(10-16(12)19)21-18(22)13-3-5-17(20-11-13)24-15-6-8-23-9-7-15/h2-5,10-11,15H,6-9H2,1H3,(H,21,22). The maximum absolute atomic E-state index is 12.3. The number of nitrogens with one attached hydrogen (secondary N) is 1. The molecule has 5 nitrogen and oxygen atoms in total. The minimum absolute atomic E-state index is 0.126. The summed E-state index contributed by atoms with van der Waals surface area (Å²) >= 11 is 6.07. The van der Waals surface area contributed by atoms with Gasteiger partial charge in [0.1, 0.15) is 6.10 Å². The molecule has 1 aromatic heterocycles. The molecule has 2 aromatic rings. The van der Waals surface area contributed by atoms with E-state index in [0.717, 1.165) is 18.4 Å².